The number of nitrogens with zero attached hydrogens (tertiary/aromatic N) is 1. The van der Waals surface area contributed by atoms with Crippen LogP contribution in [0.25, 0.3) is 0 Å². The van der Waals surface area contributed by atoms with Crippen LogP contribution in [0.15, 0.2) is 0 Å². The number of hydrogen-bond acceptors (Lipinski definition) is 3. The molecule has 4 heteroatoms. The lowest BCUT2D eigenvalue weighted by atomic mass is 9.77. The monoisotopic (exact) mass is 226 g/mol. The van der Waals surface area contributed by atoms with E-state index >= 15 is 0 Å². The van der Waals surface area contributed by atoms with Gasteiger partial charge in [-0.2, -0.15) is 0 Å². The minimum absolute atomic E-state index is 0.157. The van der Waals surface area contributed by atoms with Crippen LogP contribution in [0.5, 0.6) is 0 Å². The Bertz CT molecular complexity index is 262. The van der Waals surface area contributed by atoms with Crippen LogP contribution in [0, 0.1) is 11.3 Å². The van der Waals surface area contributed by atoms with E-state index in [2.05, 4.69) is 0 Å². The summed E-state index contributed by atoms with van der Waals surface area (Å²) in [6, 6.07) is 0. The van der Waals surface area contributed by atoms with Gasteiger partial charge in [-0.25, -0.2) is 0 Å². The molecule has 2 aliphatic rings. The lowest BCUT2D eigenvalue weighted by molar-refractivity contribution is -0.130. The van der Waals surface area contributed by atoms with E-state index in [4.69, 9.17) is 5.73 Å². The predicted molar refractivity (Wildman–Crippen MR) is 61.7 cm³/mol. The van der Waals surface area contributed by atoms with E-state index in [0.29, 0.717) is 13.0 Å². The fourth-order valence-electron chi connectivity index (χ4n) is 3.40. The lowest BCUT2D eigenvalue weighted by Crippen LogP contribution is -2.32. The number of hydrogen-bond donors (Lipinski definition) is 2. The van der Waals surface area contributed by atoms with Crippen LogP contribution in [-0.2, 0) is 4.79 Å². The Labute approximate surface area is 96.8 Å². The number of aliphatic hydroxyl groups excluding tert-OH is 1. The zero-order valence-electron chi connectivity index (χ0n) is 9.82. The summed E-state index contributed by atoms with van der Waals surface area (Å²) in [5.41, 5.74) is 5.63. The summed E-state index contributed by atoms with van der Waals surface area (Å²) in [7, 11) is 0. The second kappa shape index (κ2) is 4.72. The van der Waals surface area contributed by atoms with Crippen molar-refractivity contribution in [1.29, 1.82) is 0 Å². The normalized spacial score (nSPS) is 27.9. The molecule has 0 bridgehead atoms. The molecule has 4 nitrogen and oxygen atoms in total. The molecule has 2 rings (SSSR count). The van der Waals surface area contributed by atoms with Gasteiger partial charge in [-0.3, -0.25) is 4.79 Å². The van der Waals surface area contributed by atoms with Crippen LogP contribution >= 0.6 is 0 Å². The Balaban J connectivity index is 2.04. The van der Waals surface area contributed by atoms with Crippen LogP contribution in [0.4, 0.5) is 0 Å². The van der Waals surface area contributed by atoms with Gasteiger partial charge in [0.15, 0.2) is 0 Å². The highest BCUT2D eigenvalue weighted by Gasteiger charge is 2.48. The number of aliphatic hydroxyl groups is 1. The molecule has 92 valence electrons. The Kier molecular flexibility index (Phi) is 3.50. The first-order chi connectivity index (χ1) is 7.72. The first kappa shape index (κ1) is 11.9. The summed E-state index contributed by atoms with van der Waals surface area (Å²) >= 11 is 0. The molecule has 1 aliphatic heterocycles. The van der Waals surface area contributed by atoms with E-state index in [0.717, 1.165) is 13.1 Å². The van der Waals surface area contributed by atoms with Gasteiger partial charge in [0.05, 0.1) is 0 Å². The zero-order valence-corrected chi connectivity index (χ0v) is 9.82. The van der Waals surface area contributed by atoms with Crippen LogP contribution in [0.3, 0.4) is 0 Å². The summed E-state index contributed by atoms with van der Waals surface area (Å²) in [5.74, 6) is 0.446. The van der Waals surface area contributed by atoms with Gasteiger partial charge >= 0.3 is 0 Å². The Hall–Kier alpha value is -0.610. The third-order valence-corrected chi connectivity index (χ3v) is 4.34. The second-order valence-electron chi connectivity index (χ2n) is 5.26. The van der Waals surface area contributed by atoms with Gasteiger partial charge in [0.2, 0.25) is 5.91 Å². The molecule has 1 aliphatic carbocycles. The largest absolute Gasteiger partial charge is 0.396 e. The molecule has 2 fully saturated rings. The first-order valence-electron chi connectivity index (χ1n) is 6.30. The van der Waals surface area contributed by atoms with Gasteiger partial charge in [0, 0.05) is 38.6 Å². The van der Waals surface area contributed by atoms with Crippen LogP contribution in [0.2, 0.25) is 0 Å². The van der Waals surface area contributed by atoms with E-state index in [9.17, 15) is 9.90 Å². The Morgan fingerprint density at radius 2 is 2.12 bits per heavy atom. The number of carbonyl (C=O) groups excluding carboxylic acids is 1. The molecule has 1 saturated carbocycles. The highest BCUT2D eigenvalue weighted by Crippen LogP contribution is 2.48. The highest BCUT2D eigenvalue weighted by molar-refractivity contribution is 5.76. The molecular weight excluding hydrogens is 204 g/mol. The summed E-state index contributed by atoms with van der Waals surface area (Å²) in [6.07, 6.45) is 5.27. The molecule has 1 saturated heterocycles. The van der Waals surface area contributed by atoms with Crippen molar-refractivity contribution in [3.8, 4) is 0 Å². The van der Waals surface area contributed by atoms with Crippen molar-refractivity contribution in [3.05, 3.63) is 0 Å². The molecule has 1 unspecified atom stereocenters. The molecule has 1 spiro atoms. The number of amides is 1. The average Bonchev–Trinajstić information content (AvgIpc) is 2.87. The van der Waals surface area contributed by atoms with Crippen molar-refractivity contribution in [3.63, 3.8) is 0 Å². The molecule has 0 aromatic heterocycles. The van der Waals surface area contributed by atoms with Crippen molar-refractivity contribution in [2.24, 2.45) is 17.1 Å². The third-order valence-electron chi connectivity index (χ3n) is 4.34. The van der Waals surface area contributed by atoms with Gasteiger partial charge in [-0.1, -0.05) is 12.8 Å². The minimum Gasteiger partial charge on any atom is -0.396 e. The fraction of sp³-hybridized carbons (Fsp3) is 0.917. The highest BCUT2D eigenvalue weighted by atomic mass is 16.3. The Morgan fingerprint density at radius 1 is 1.44 bits per heavy atom. The van der Waals surface area contributed by atoms with E-state index in [-0.39, 0.29) is 23.8 Å². The van der Waals surface area contributed by atoms with E-state index < -0.39 is 0 Å². The standard InChI is InChI=1S/C12H22N2O2/c13-6-3-11(16)14-7-10(8-15)12(9-14)4-1-2-5-12/h10,15H,1-9,13H2. The van der Waals surface area contributed by atoms with Gasteiger partial charge in [-0.05, 0) is 18.3 Å². The van der Waals surface area contributed by atoms with Crippen molar-refractivity contribution in [2.75, 3.05) is 26.2 Å². The van der Waals surface area contributed by atoms with Crippen LogP contribution < -0.4 is 5.73 Å². The smallest absolute Gasteiger partial charge is 0.223 e. The maximum absolute atomic E-state index is 11.8. The van der Waals surface area contributed by atoms with E-state index in [1.807, 2.05) is 4.90 Å². The molecule has 1 amide bonds. The lowest BCUT2D eigenvalue weighted by Gasteiger charge is -2.28. The van der Waals surface area contributed by atoms with Gasteiger partial charge in [-0.15, -0.1) is 0 Å². The molecule has 1 heterocycles. The quantitative estimate of drug-likeness (QED) is 0.729. The van der Waals surface area contributed by atoms with Gasteiger partial charge < -0.3 is 15.7 Å². The van der Waals surface area contributed by atoms with E-state index in [1.54, 1.807) is 0 Å². The molecule has 16 heavy (non-hydrogen) atoms. The SMILES string of the molecule is NCCC(=O)N1CC(CO)C2(CCCC2)C1. The fourth-order valence-corrected chi connectivity index (χ4v) is 3.40. The average molecular weight is 226 g/mol. The third kappa shape index (κ3) is 1.96. The number of likely N-dealkylation sites (tertiary alicyclic amines) is 1. The summed E-state index contributed by atoms with van der Waals surface area (Å²) < 4.78 is 0. The van der Waals surface area contributed by atoms with Gasteiger partial charge in [0.1, 0.15) is 0 Å². The molecule has 0 radical (unpaired) electrons. The molecular formula is C12H22N2O2. The molecule has 0 aromatic carbocycles. The van der Waals surface area contributed by atoms with Crippen LogP contribution in [0.1, 0.15) is 32.1 Å². The Morgan fingerprint density at radius 3 is 2.69 bits per heavy atom. The van der Waals surface area contributed by atoms with Crippen LogP contribution in [-0.4, -0.2) is 42.2 Å². The van der Waals surface area contributed by atoms with Crippen molar-refractivity contribution in [2.45, 2.75) is 32.1 Å². The minimum atomic E-state index is 0.157. The van der Waals surface area contributed by atoms with Crippen molar-refractivity contribution in [1.82, 2.24) is 4.90 Å². The molecule has 1 atom stereocenters. The maximum atomic E-state index is 11.8. The molecule has 3 N–H and O–H groups in total. The maximum Gasteiger partial charge on any atom is 0.223 e. The number of carbonyl (C=O) groups is 1. The zero-order chi connectivity index (χ0) is 11.6. The summed E-state index contributed by atoms with van der Waals surface area (Å²) in [5, 5.41) is 9.46. The second-order valence-corrected chi connectivity index (χ2v) is 5.26. The number of rotatable bonds is 3. The number of nitrogens with two attached hydrogens (primary N) is 1. The molecule has 0 aromatic rings. The van der Waals surface area contributed by atoms with Gasteiger partial charge in [0.25, 0.3) is 0 Å². The topological polar surface area (TPSA) is 66.6 Å². The van der Waals surface area contributed by atoms with Crippen molar-refractivity contribution >= 4 is 5.91 Å². The van der Waals surface area contributed by atoms with E-state index in [1.165, 1.54) is 25.7 Å². The summed E-state index contributed by atoms with van der Waals surface area (Å²) in [6.45, 7) is 2.21. The van der Waals surface area contributed by atoms with Crippen molar-refractivity contribution < 1.29 is 9.90 Å². The predicted octanol–water partition coefficient (Wildman–Crippen LogP) is 0.346. The first-order valence-corrected chi connectivity index (χ1v) is 6.30. The summed E-state index contributed by atoms with van der Waals surface area (Å²) in [4.78, 5) is 13.7.